The maximum Gasteiger partial charge on any atom is 0.303 e. The van der Waals surface area contributed by atoms with Crippen molar-refractivity contribution in [3.63, 3.8) is 0 Å². The highest BCUT2D eigenvalue weighted by Gasteiger charge is 2.00. The van der Waals surface area contributed by atoms with Crippen LogP contribution in [0, 0.1) is 0 Å². The van der Waals surface area contributed by atoms with Crippen molar-refractivity contribution in [2.24, 2.45) is 0 Å². The fourth-order valence-electron chi connectivity index (χ4n) is 1.38. The van der Waals surface area contributed by atoms with E-state index in [-0.39, 0.29) is 6.42 Å². The highest BCUT2D eigenvalue weighted by molar-refractivity contribution is 5.66. The normalized spacial score (nSPS) is 10.5. The molecule has 0 amide bonds. The second kappa shape index (κ2) is 6.19. The monoisotopic (exact) mass is 211 g/mol. The first-order valence-electron chi connectivity index (χ1n) is 5.17. The van der Waals surface area contributed by atoms with Gasteiger partial charge in [-0.05, 0) is 26.0 Å². The Kier molecular flexibility index (Phi) is 4.83. The van der Waals surface area contributed by atoms with Gasteiger partial charge in [-0.15, -0.1) is 0 Å². The second-order valence-electron chi connectivity index (χ2n) is 3.31. The van der Waals surface area contributed by atoms with Crippen molar-refractivity contribution in [1.82, 2.24) is 15.1 Å². The number of nitrogens with zero attached hydrogens (tertiary/aromatic N) is 2. The smallest absolute Gasteiger partial charge is 0.303 e. The number of hydrogen-bond donors (Lipinski definition) is 2. The summed E-state index contributed by atoms with van der Waals surface area (Å²) in [6.45, 7) is 4.37. The zero-order valence-electron chi connectivity index (χ0n) is 8.94. The summed E-state index contributed by atoms with van der Waals surface area (Å²) in [7, 11) is 0. The molecule has 0 radical (unpaired) electrons. The maximum absolute atomic E-state index is 10.2. The molecule has 5 heteroatoms. The summed E-state index contributed by atoms with van der Waals surface area (Å²) in [6.07, 6.45) is 2.66. The van der Waals surface area contributed by atoms with Crippen molar-refractivity contribution in [3.8, 4) is 0 Å². The van der Waals surface area contributed by atoms with E-state index in [0.29, 0.717) is 6.42 Å². The third kappa shape index (κ3) is 4.12. The van der Waals surface area contributed by atoms with Crippen molar-refractivity contribution in [2.75, 3.05) is 6.54 Å². The second-order valence-corrected chi connectivity index (χ2v) is 3.31. The molecule has 0 bridgehead atoms. The van der Waals surface area contributed by atoms with Crippen LogP contribution < -0.4 is 5.32 Å². The molecule has 1 rings (SSSR count). The number of nitrogens with one attached hydrogen (secondary N) is 1. The molecular formula is C10H17N3O2. The molecule has 0 aliphatic heterocycles. The van der Waals surface area contributed by atoms with Gasteiger partial charge in [0.2, 0.25) is 0 Å². The Balaban J connectivity index is 2.17. The largest absolute Gasteiger partial charge is 0.481 e. The van der Waals surface area contributed by atoms with Gasteiger partial charge >= 0.3 is 5.97 Å². The Labute approximate surface area is 89.1 Å². The lowest BCUT2D eigenvalue weighted by atomic mass is 10.3. The molecule has 0 atom stereocenters. The van der Waals surface area contributed by atoms with E-state index < -0.39 is 5.97 Å². The third-order valence-corrected chi connectivity index (χ3v) is 2.15. The number of carboxylic acids is 1. The molecule has 0 aliphatic carbocycles. The van der Waals surface area contributed by atoms with E-state index >= 15 is 0 Å². The maximum atomic E-state index is 10.2. The van der Waals surface area contributed by atoms with Crippen LogP contribution in [-0.4, -0.2) is 27.4 Å². The SMILES string of the molecule is CCn1nccc1CNCCCC(=O)O. The highest BCUT2D eigenvalue weighted by atomic mass is 16.4. The summed E-state index contributed by atoms with van der Waals surface area (Å²) in [5.41, 5.74) is 1.13. The summed E-state index contributed by atoms with van der Waals surface area (Å²) in [4.78, 5) is 10.2. The molecule has 0 aliphatic rings. The Bertz CT molecular complexity index is 309. The molecule has 0 aromatic carbocycles. The minimum Gasteiger partial charge on any atom is -0.481 e. The van der Waals surface area contributed by atoms with E-state index in [1.807, 2.05) is 17.7 Å². The van der Waals surface area contributed by atoms with Crippen LogP contribution in [0.15, 0.2) is 12.3 Å². The van der Waals surface area contributed by atoms with Crippen molar-refractivity contribution in [2.45, 2.75) is 32.9 Å². The summed E-state index contributed by atoms with van der Waals surface area (Å²) < 4.78 is 1.92. The van der Waals surface area contributed by atoms with E-state index in [0.717, 1.165) is 25.3 Å². The summed E-state index contributed by atoms with van der Waals surface area (Å²) in [5, 5.41) is 15.8. The summed E-state index contributed by atoms with van der Waals surface area (Å²) in [5.74, 6) is -0.740. The number of aromatic nitrogens is 2. The highest BCUT2D eigenvalue weighted by Crippen LogP contribution is 1.98. The summed E-state index contributed by atoms with van der Waals surface area (Å²) >= 11 is 0. The predicted octanol–water partition coefficient (Wildman–Crippen LogP) is 0.857. The van der Waals surface area contributed by atoms with Crippen molar-refractivity contribution in [1.29, 1.82) is 0 Å². The van der Waals surface area contributed by atoms with E-state index in [2.05, 4.69) is 10.4 Å². The molecule has 1 aromatic heterocycles. The van der Waals surface area contributed by atoms with Crippen molar-refractivity contribution < 1.29 is 9.90 Å². The Morgan fingerprint density at radius 1 is 1.67 bits per heavy atom. The van der Waals surface area contributed by atoms with Crippen LogP contribution in [0.5, 0.6) is 0 Å². The average molecular weight is 211 g/mol. The van der Waals surface area contributed by atoms with E-state index in [4.69, 9.17) is 5.11 Å². The molecule has 0 unspecified atom stereocenters. The minimum atomic E-state index is -0.740. The van der Waals surface area contributed by atoms with E-state index in [1.54, 1.807) is 6.20 Å². The topological polar surface area (TPSA) is 67.2 Å². The number of hydrogen-bond acceptors (Lipinski definition) is 3. The Morgan fingerprint density at radius 3 is 3.13 bits per heavy atom. The predicted molar refractivity (Wildman–Crippen MR) is 56.5 cm³/mol. The molecular weight excluding hydrogens is 194 g/mol. The first-order chi connectivity index (χ1) is 7.24. The van der Waals surface area contributed by atoms with Gasteiger partial charge in [0.05, 0.1) is 5.69 Å². The third-order valence-electron chi connectivity index (χ3n) is 2.15. The van der Waals surface area contributed by atoms with Crippen molar-refractivity contribution >= 4 is 5.97 Å². The minimum absolute atomic E-state index is 0.222. The van der Waals surface area contributed by atoms with Gasteiger partial charge in [-0.1, -0.05) is 0 Å². The van der Waals surface area contributed by atoms with Gasteiger partial charge in [0.1, 0.15) is 0 Å². The van der Waals surface area contributed by atoms with Crippen LogP contribution in [0.1, 0.15) is 25.5 Å². The van der Waals surface area contributed by atoms with Gasteiger partial charge in [-0.3, -0.25) is 9.48 Å². The molecule has 0 saturated carbocycles. The van der Waals surface area contributed by atoms with Gasteiger partial charge in [0, 0.05) is 25.7 Å². The molecule has 5 nitrogen and oxygen atoms in total. The zero-order chi connectivity index (χ0) is 11.1. The van der Waals surface area contributed by atoms with Gasteiger partial charge in [0.15, 0.2) is 0 Å². The van der Waals surface area contributed by atoms with Gasteiger partial charge in [0.25, 0.3) is 0 Å². The van der Waals surface area contributed by atoms with Crippen LogP contribution in [0.25, 0.3) is 0 Å². The van der Waals surface area contributed by atoms with Crippen LogP contribution in [0.2, 0.25) is 0 Å². The number of aryl methyl sites for hydroxylation is 1. The van der Waals surface area contributed by atoms with E-state index in [9.17, 15) is 4.79 Å². The number of carboxylic acid groups (broad SMARTS) is 1. The molecule has 0 spiro atoms. The van der Waals surface area contributed by atoms with Crippen LogP contribution >= 0.6 is 0 Å². The lowest BCUT2D eigenvalue weighted by molar-refractivity contribution is -0.137. The Hall–Kier alpha value is -1.36. The van der Waals surface area contributed by atoms with Gasteiger partial charge in [-0.2, -0.15) is 5.10 Å². The quantitative estimate of drug-likeness (QED) is 0.656. The first-order valence-corrected chi connectivity index (χ1v) is 5.17. The molecule has 0 fully saturated rings. The van der Waals surface area contributed by atoms with Crippen molar-refractivity contribution in [3.05, 3.63) is 18.0 Å². The average Bonchev–Trinajstić information content (AvgIpc) is 2.64. The number of carbonyl (C=O) groups is 1. The Morgan fingerprint density at radius 2 is 2.47 bits per heavy atom. The number of rotatable bonds is 7. The molecule has 0 saturated heterocycles. The first kappa shape index (κ1) is 11.7. The van der Waals surface area contributed by atoms with Gasteiger partial charge in [-0.25, -0.2) is 0 Å². The standard InChI is InChI=1S/C10H17N3O2/c1-2-13-9(5-7-12-13)8-11-6-3-4-10(14)15/h5,7,11H,2-4,6,8H2,1H3,(H,14,15). The van der Waals surface area contributed by atoms with Crippen LogP contribution in [-0.2, 0) is 17.9 Å². The molecule has 2 N–H and O–H groups in total. The lowest BCUT2D eigenvalue weighted by Crippen LogP contribution is -2.18. The molecule has 1 aromatic rings. The zero-order valence-corrected chi connectivity index (χ0v) is 8.94. The fraction of sp³-hybridized carbons (Fsp3) is 0.600. The number of aliphatic carboxylic acids is 1. The molecule has 84 valence electrons. The molecule has 15 heavy (non-hydrogen) atoms. The lowest BCUT2D eigenvalue weighted by Gasteiger charge is -2.05. The van der Waals surface area contributed by atoms with Crippen LogP contribution in [0.3, 0.4) is 0 Å². The van der Waals surface area contributed by atoms with E-state index in [1.165, 1.54) is 0 Å². The molecule has 1 heterocycles. The van der Waals surface area contributed by atoms with Crippen LogP contribution in [0.4, 0.5) is 0 Å². The van der Waals surface area contributed by atoms with Gasteiger partial charge < -0.3 is 10.4 Å². The fourth-order valence-corrected chi connectivity index (χ4v) is 1.38. The summed E-state index contributed by atoms with van der Waals surface area (Å²) in [6, 6.07) is 1.97.